The Kier molecular flexibility index (Phi) is 6.03. The van der Waals surface area contributed by atoms with Gasteiger partial charge in [0.15, 0.2) is 0 Å². The molecule has 0 radical (unpaired) electrons. The lowest BCUT2D eigenvalue weighted by molar-refractivity contribution is -0.127. The number of thioether (sulfide) groups is 2. The molecule has 0 aromatic rings. The second-order valence-corrected chi connectivity index (χ2v) is 9.25. The van der Waals surface area contributed by atoms with Gasteiger partial charge in [0.2, 0.25) is 0 Å². The molecule has 132 valence electrons. The molecule has 1 saturated heterocycles. The van der Waals surface area contributed by atoms with Gasteiger partial charge in [-0.25, -0.2) is 0 Å². The maximum Gasteiger partial charge on any atom is 0.271 e. The third kappa shape index (κ3) is 3.88. The minimum Gasteiger partial charge on any atom is -0.362 e. The van der Waals surface area contributed by atoms with E-state index in [0.29, 0.717) is 6.04 Å². The van der Waals surface area contributed by atoms with Crippen LogP contribution in [0, 0.1) is 0 Å². The molecule has 0 saturated carbocycles. The van der Waals surface area contributed by atoms with E-state index in [2.05, 4.69) is 42.7 Å². The van der Waals surface area contributed by atoms with E-state index >= 15 is 0 Å². The van der Waals surface area contributed by atoms with Crippen molar-refractivity contribution in [3.05, 3.63) is 33.9 Å². The fourth-order valence-electron chi connectivity index (χ4n) is 3.44. The van der Waals surface area contributed by atoms with Crippen molar-refractivity contribution in [3.63, 3.8) is 0 Å². The molecule has 0 aliphatic carbocycles. The average molecular weight is 365 g/mol. The zero-order chi connectivity index (χ0) is 17.1. The molecule has 3 heterocycles. The number of hydrogen-bond donors (Lipinski definition) is 0. The smallest absolute Gasteiger partial charge is 0.271 e. The Hall–Kier alpha value is -0.810. The second-order valence-electron chi connectivity index (χ2n) is 6.97. The van der Waals surface area contributed by atoms with Crippen LogP contribution < -0.4 is 0 Å². The average Bonchev–Trinajstić information content (AvgIpc) is 2.87. The van der Waals surface area contributed by atoms with E-state index in [1.165, 1.54) is 16.1 Å². The van der Waals surface area contributed by atoms with Gasteiger partial charge < -0.3 is 9.80 Å². The van der Waals surface area contributed by atoms with Gasteiger partial charge >= 0.3 is 0 Å². The van der Waals surface area contributed by atoms with Gasteiger partial charge in [-0.1, -0.05) is 23.3 Å². The molecule has 3 nitrogen and oxygen atoms in total. The number of rotatable bonds is 5. The summed E-state index contributed by atoms with van der Waals surface area (Å²) in [7, 11) is 0. The minimum atomic E-state index is 0.276. The van der Waals surface area contributed by atoms with E-state index in [1.807, 2.05) is 23.5 Å². The molecule has 0 spiro atoms. The van der Waals surface area contributed by atoms with Crippen molar-refractivity contribution in [2.45, 2.75) is 39.7 Å². The van der Waals surface area contributed by atoms with E-state index in [4.69, 9.17) is 0 Å². The largest absolute Gasteiger partial charge is 0.362 e. The van der Waals surface area contributed by atoms with Crippen LogP contribution in [0.5, 0.6) is 0 Å². The zero-order valence-electron chi connectivity index (χ0n) is 15.0. The Morgan fingerprint density at radius 3 is 2.83 bits per heavy atom. The van der Waals surface area contributed by atoms with E-state index in [1.54, 1.807) is 0 Å². The zero-order valence-corrected chi connectivity index (χ0v) is 16.6. The molecule has 5 heteroatoms. The first-order valence-corrected chi connectivity index (χ1v) is 11.0. The highest BCUT2D eigenvalue weighted by molar-refractivity contribution is 8.03. The Morgan fingerprint density at radius 2 is 2.04 bits per heavy atom. The lowest BCUT2D eigenvalue weighted by atomic mass is 10.1. The molecule has 1 unspecified atom stereocenters. The van der Waals surface area contributed by atoms with Gasteiger partial charge in [0.25, 0.3) is 5.91 Å². The van der Waals surface area contributed by atoms with Gasteiger partial charge in [-0.3, -0.25) is 4.79 Å². The summed E-state index contributed by atoms with van der Waals surface area (Å²) in [6, 6.07) is 0.349. The van der Waals surface area contributed by atoms with Gasteiger partial charge in [0.05, 0.1) is 6.04 Å². The van der Waals surface area contributed by atoms with Crippen LogP contribution in [0.3, 0.4) is 0 Å². The molecule has 1 amide bonds. The van der Waals surface area contributed by atoms with Crippen molar-refractivity contribution in [3.8, 4) is 0 Å². The van der Waals surface area contributed by atoms with Gasteiger partial charge in [-0.15, -0.1) is 11.8 Å². The summed E-state index contributed by atoms with van der Waals surface area (Å²) in [5, 5.41) is 0. The molecule has 24 heavy (non-hydrogen) atoms. The van der Waals surface area contributed by atoms with Crippen molar-refractivity contribution in [2.24, 2.45) is 0 Å². The lowest BCUT2D eigenvalue weighted by Crippen LogP contribution is -2.42. The number of carbonyl (C=O) groups excluding carboxylic acids is 1. The number of hydrogen-bond acceptors (Lipinski definition) is 4. The van der Waals surface area contributed by atoms with Crippen molar-refractivity contribution in [1.82, 2.24) is 9.80 Å². The molecule has 3 aliphatic heterocycles. The first-order chi connectivity index (χ1) is 11.6. The molecular weight excluding hydrogens is 336 g/mol. The highest BCUT2D eigenvalue weighted by Crippen LogP contribution is 2.41. The first-order valence-electron chi connectivity index (χ1n) is 8.87. The summed E-state index contributed by atoms with van der Waals surface area (Å²) < 4.78 is 0. The number of amides is 1. The molecule has 3 aliphatic rings. The van der Waals surface area contributed by atoms with E-state index in [-0.39, 0.29) is 5.91 Å². The fraction of sp³-hybridized carbons (Fsp3) is 0.632. The predicted molar refractivity (Wildman–Crippen MR) is 106 cm³/mol. The predicted octanol–water partition coefficient (Wildman–Crippen LogP) is 3.90. The number of carbonyl (C=O) groups is 1. The summed E-state index contributed by atoms with van der Waals surface area (Å²) in [6.45, 7) is 9.28. The normalized spacial score (nSPS) is 24.2. The minimum absolute atomic E-state index is 0.276. The van der Waals surface area contributed by atoms with Gasteiger partial charge in [-0.2, -0.15) is 11.8 Å². The monoisotopic (exact) mass is 364 g/mol. The summed E-state index contributed by atoms with van der Waals surface area (Å²) in [4.78, 5) is 18.6. The number of fused-ring (bicyclic) bond motifs is 2. The second kappa shape index (κ2) is 8.05. The van der Waals surface area contributed by atoms with Crippen LogP contribution in [0.2, 0.25) is 0 Å². The van der Waals surface area contributed by atoms with Crippen LogP contribution in [0.4, 0.5) is 0 Å². The van der Waals surface area contributed by atoms with Crippen molar-refractivity contribution in [1.29, 1.82) is 0 Å². The molecule has 0 bridgehead atoms. The Morgan fingerprint density at radius 1 is 1.21 bits per heavy atom. The third-order valence-electron chi connectivity index (χ3n) is 4.81. The topological polar surface area (TPSA) is 23.6 Å². The van der Waals surface area contributed by atoms with Crippen LogP contribution in [0.1, 0.15) is 33.6 Å². The third-order valence-corrected chi connectivity index (χ3v) is 7.00. The van der Waals surface area contributed by atoms with Crippen LogP contribution in [-0.4, -0.2) is 58.6 Å². The fourth-order valence-corrected chi connectivity index (χ4v) is 5.89. The molecule has 1 atom stereocenters. The Bertz CT molecular complexity index is 590. The number of nitrogens with zero attached hydrogens (tertiary/aromatic N) is 2. The molecule has 0 aromatic carbocycles. The van der Waals surface area contributed by atoms with Gasteiger partial charge in [-0.05, 0) is 33.6 Å². The van der Waals surface area contributed by atoms with E-state index in [9.17, 15) is 4.79 Å². The molecule has 1 fully saturated rings. The summed E-state index contributed by atoms with van der Waals surface area (Å²) in [5.74, 6) is 3.53. The quantitative estimate of drug-likeness (QED) is 0.691. The highest BCUT2D eigenvalue weighted by Gasteiger charge is 2.44. The van der Waals surface area contributed by atoms with E-state index < -0.39 is 0 Å². The maximum absolute atomic E-state index is 12.9. The van der Waals surface area contributed by atoms with Gasteiger partial charge in [0, 0.05) is 41.8 Å². The summed E-state index contributed by atoms with van der Waals surface area (Å²) in [6.07, 6.45) is 6.84. The van der Waals surface area contributed by atoms with Crippen LogP contribution >= 0.6 is 23.5 Å². The number of allylic oxidation sites excluding steroid dienone is 3. The summed E-state index contributed by atoms with van der Waals surface area (Å²) >= 11 is 3.89. The first kappa shape index (κ1) is 18.0. The van der Waals surface area contributed by atoms with Crippen molar-refractivity contribution in [2.75, 3.05) is 36.9 Å². The Balaban J connectivity index is 1.67. The molecule has 3 rings (SSSR count). The van der Waals surface area contributed by atoms with Crippen molar-refractivity contribution < 1.29 is 4.79 Å². The van der Waals surface area contributed by atoms with Crippen LogP contribution in [0.25, 0.3) is 0 Å². The van der Waals surface area contributed by atoms with Crippen molar-refractivity contribution >= 4 is 29.4 Å². The lowest BCUT2D eigenvalue weighted by Gasteiger charge is -2.30. The SMILES string of the molecule is CC(C)=CCC/C(C)=C\CN1CCSC2=C1C(=O)N1CCSCC21. The molecule has 0 aromatic heterocycles. The van der Waals surface area contributed by atoms with E-state index in [0.717, 1.165) is 55.4 Å². The standard InChI is InChI=1S/C19H28N2OS2/c1-14(2)5-4-6-15(3)7-8-20-9-12-24-18-16-13-23-11-10-21(16)19(22)17(18)20/h5,7,16H,4,6,8-13H2,1-3H3/b15-7-. The van der Waals surface area contributed by atoms with Crippen LogP contribution in [0.15, 0.2) is 33.9 Å². The highest BCUT2D eigenvalue weighted by atomic mass is 32.2. The molecular formula is C19H28N2OS2. The summed E-state index contributed by atoms with van der Waals surface area (Å²) in [5.41, 5.74) is 3.82. The van der Waals surface area contributed by atoms with Crippen LogP contribution in [-0.2, 0) is 4.79 Å². The van der Waals surface area contributed by atoms with Gasteiger partial charge in [0.1, 0.15) is 5.70 Å². The Labute approximate surface area is 154 Å². The molecule has 0 N–H and O–H groups in total. The maximum atomic E-state index is 12.9.